The molecule has 0 spiro atoms. The van der Waals surface area contributed by atoms with E-state index in [0.717, 1.165) is 118 Å². The number of piperazine rings is 2. The zero-order valence-corrected chi connectivity index (χ0v) is 24.5. The van der Waals surface area contributed by atoms with Crippen LogP contribution in [0, 0.1) is 0 Å². The van der Waals surface area contributed by atoms with Crippen LogP contribution >= 0.6 is 11.3 Å². The Hall–Kier alpha value is -3.16. The van der Waals surface area contributed by atoms with E-state index in [4.69, 9.17) is 15.2 Å². The fourth-order valence-electron chi connectivity index (χ4n) is 5.80. The third-order valence-corrected chi connectivity index (χ3v) is 9.39. The van der Waals surface area contributed by atoms with Crippen molar-refractivity contribution in [2.75, 3.05) is 70.9 Å². The van der Waals surface area contributed by atoms with Crippen molar-refractivity contribution in [3.8, 4) is 11.4 Å². The Morgan fingerprint density at radius 2 is 1.83 bits per heavy atom. The van der Waals surface area contributed by atoms with E-state index in [1.807, 2.05) is 29.7 Å². The van der Waals surface area contributed by atoms with E-state index in [9.17, 15) is 4.79 Å². The van der Waals surface area contributed by atoms with E-state index in [1.54, 1.807) is 5.48 Å². The average molecular weight is 578 g/mol. The first-order valence-electron chi connectivity index (χ1n) is 14.6. The fraction of sp³-hybridized carbons (Fsp3) is 0.517. The topological polar surface area (TPSA) is 117 Å². The van der Waals surface area contributed by atoms with E-state index in [-0.39, 0.29) is 5.91 Å². The van der Waals surface area contributed by atoms with E-state index in [2.05, 4.69) is 49.0 Å². The second kappa shape index (κ2) is 12.8. The molecule has 3 aromatic heterocycles. The summed E-state index contributed by atoms with van der Waals surface area (Å²) < 4.78 is 1.17. The number of nitrogens with zero attached hydrogens (tertiary/aromatic N) is 7. The van der Waals surface area contributed by atoms with Gasteiger partial charge in [-0.05, 0) is 38.6 Å². The molecular formula is C29H39N9O2S. The zero-order valence-electron chi connectivity index (χ0n) is 23.7. The molecule has 12 heteroatoms. The molecule has 6 rings (SSSR count). The Morgan fingerprint density at radius 1 is 1.02 bits per heavy atom. The summed E-state index contributed by atoms with van der Waals surface area (Å²) in [6.07, 6.45) is 5.07. The largest absolute Gasteiger partial charge is 0.353 e. The number of amides is 1. The van der Waals surface area contributed by atoms with E-state index in [0.29, 0.717) is 6.42 Å². The number of aromatic amines is 1. The number of H-pyrrole nitrogens is 1. The lowest BCUT2D eigenvalue weighted by Gasteiger charge is -2.35. The van der Waals surface area contributed by atoms with Gasteiger partial charge in [0.15, 0.2) is 11.6 Å². The zero-order chi connectivity index (χ0) is 28.2. The molecule has 41 heavy (non-hydrogen) atoms. The summed E-state index contributed by atoms with van der Waals surface area (Å²) in [4.78, 5) is 32.7. The van der Waals surface area contributed by atoms with Gasteiger partial charge in [-0.1, -0.05) is 18.6 Å². The van der Waals surface area contributed by atoms with Crippen LogP contribution in [0.5, 0.6) is 0 Å². The van der Waals surface area contributed by atoms with Gasteiger partial charge in [0, 0.05) is 81.2 Å². The minimum Gasteiger partial charge on any atom is -0.353 e. The summed E-state index contributed by atoms with van der Waals surface area (Å²) in [6.45, 7) is 10.2. The number of rotatable bonds is 10. The molecule has 11 nitrogen and oxygen atoms in total. The molecule has 2 aliphatic rings. The quantitative estimate of drug-likeness (QED) is 0.148. The highest BCUT2D eigenvalue weighted by Gasteiger charge is 2.24. The minimum absolute atomic E-state index is 0.307. The number of thiophene rings is 1. The van der Waals surface area contributed by atoms with Crippen molar-refractivity contribution >= 4 is 44.2 Å². The molecule has 218 valence electrons. The molecule has 0 radical (unpaired) electrons. The van der Waals surface area contributed by atoms with Gasteiger partial charge in [0.05, 0.1) is 21.9 Å². The number of aromatic nitrogens is 4. The fourth-order valence-corrected chi connectivity index (χ4v) is 6.96. The highest BCUT2D eigenvalue weighted by molar-refractivity contribution is 7.19. The number of anilines is 1. The van der Waals surface area contributed by atoms with E-state index >= 15 is 0 Å². The number of benzene rings is 1. The first-order chi connectivity index (χ1) is 20.1. The first-order valence-corrected chi connectivity index (χ1v) is 15.4. The lowest BCUT2D eigenvalue weighted by molar-refractivity contribution is -0.129. The van der Waals surface area contributed by atoms with Crippen LogP contribution in [0.4, 0.5) is 5.82 Å². The predicted octanol–water partition coefficient (Wildman–Crippen LogP) is 3.17. The van der Waals surface area contributed by atoms with Crippen LogP contribution in [0.1, 0.15) is 30.6 Å². The molecule has 5 heterocycles. The molecule has 0 unspecified atom stereocenters. The van der Waals surface area contributed by atoms with Crippen molar-refractivity contribution < 1.29 is 10.0 Å². The third-order valence-electron chi connectivity index (χ3n) is 8.28. The van der Waals surface area contributed by atoms with Crippen LogP contribution in [-0.2, 0) is 11.3 Å². The molecule has 1 amide bonds. The number of fused-ring (bicyclic) bond motifs is 2. The Bertz CT molecular complexity index is 1470. The standard InChI is InChI=1S/C29H39N9O2S/c1-35-10-12-37(13-11-35)20-21-18-25-27(41-21)29(32-28(31-25)22-6-5-7-24-23(22)19-30-33-24)38-16-14-36(15-17-38)9-4-2-3-8-26(39)34-40/h5-7,18-19,40H,2-4,8-17,20H2,1H3,(H,30,33)(H,34,39). The van der Waals surface area contributed by atoms with Gasteiger partial charge in [0.1, 0.15) is 0 Å². The smallest absolute Gasteiger partial charge is 0.243 e. The molecule has 2 saturated heterocycles. The molecule has 4 aromatic rings. The summed E-state index contributed by atoms with van der Waals surface area (Å²) in [5.74, 6) is 1.48. The molecule has 0 bridgehead atoms. The van der Waals surface area contributed by atoms with Gasteiger partial charge in [-0.2, -0.15) is 5.10 Å². The van der Waals surface area contributed by atoms with Gasteiger partial charge in [-0.25, -0.2) is 15.4 Å². The molecule has 0 aliphatic carbocycles. The number of hydrogen-bond donors (Lipinski definition) is 3. The Morgan fingerprint density at radius 3 is 2.63 bits per heavy atom. The highest BCUT2D eigenvalue weighted by Crippen LogP contribution is 2.36. The molecular weight excluding hydrogens is 538 g/mol. The molecule has 0 saturated carbocycles. The van der Waals surface area contributed by atoms with Crippen LogP contribution < -0.4 is 10.4 Å². The monoisotopic (exact) mass is 577 g/mol. The van der Waals surface area contributed by atoms with Crippen LogP contribution in [-0.4, -0.2) is 112 Å². The van der Waals surface area contributed by atoms with Crippen molar-refractivity contribution in [3.63, 3.8) is 0 Å². The van der Waals surface area contributed by atoms with Crippen LogP contribution in [0.25, 0.3) is 32.5 Å². The number of carbonyl (C=O) groups excluding carboxylic acids is 1. The van der Waals surface area contributed by atoms with Crippen LogP contribution in [0.15, 0.2) is 30.5 Å². The number of unbranched alkanes of at least 4 members (excludes halogenated alkanes) is 2. The van der Waals surface area contributed by atoms with Crippen molar-refractivity contribution in [1.29, 1.82) is 0 Å². The van der Waals surface area contributed by atoms with Gasteiger partial charge in [0.25, 0.3) is 0 Å². The molecule has 3 N–H and O–H groups in total. The Balaban J connectivity index is 1.21. The maximum Gasteiger partial charge on any atom is 0.243 e. The highest BCUT2D eigenvalue weighted by atomic mass is 32.1. The minimum atomic E-state index is -0.307. The normalized spacial score (nSPS) is 17.6. The maximum atomic E-state index is 11.2. The molecule has 2 fully saturated rings. The van der Waals surface area contributed by atoms with Crippen molar-refractivity contribution in [2.45, 2.75) is 32.2 Å². The summed E-state index contributed by atoms with van der Waals surface area (Å²) in [7, 11) is 2.19. The lowest BCUT2D eigenvalue weighted by atomic mass is 10.1. The van der Waals surface area contributed by atoms with Crippen LogP contribution in [0.2, 0.25) is 0 Å². The van der Waals surface area contributed by atoms with Gasteiger partial charge in [-0.3, -0.25) is 24.9 Å². The molecule has 1 aromatic carbocycles. The number of likely N-dealkylation sites (N-methyl/N-ethyl adjacent to an activating group) is 1. The van der Waals surface area contributed by atoms with E-state index < -0.39 is 0 Å². The second-order valence-corrected chi connectivity index (χ2v) is 12.3. The SMILES string of the molecule is CN1CCN(Cc2cc3nc(-c4cccc5[nH]ncc45)nc(N4CCN(CCCCCC(=O)NO)CC4)c3s2)CC1. The summed E-state index contributed by atoms with van der Waals surface area (Å²) in [5, 5.41) is 17.0. The number of carbonyl (C=O) groups is 1. The molecule has 0 atom stereocenters. The van der Waals surface area contributed by atoms with Gasteiger partial charge >= 0.3 is 0 Å². The number of nitrogens with one attached hydrogen (secondary N) is 2. The first kappa shape index (κ1) is 28.0. The molecule has 2 aliphatic heterocycles. The maximum absolute atomic E-state index is 11.2. The van der Waals surface area contributed by atoms with Gasteiger partial charge in [-0.15, -0.1) is 11.3 Å². The summed E-state index contributed by atoms with van der Waals surface area (Å²) in [5.41, 5.74) is 4.72. The Labute approximate surface area is 244 Å². The number of hydrogen-bond acceptors (Lipinski definition) is 10. The van der Waals surface area contributed by atoms with Crippen molar-refractivity contribution in [3.05, 3.63) is 35.3 Å². The summed E-state index contributed by atoms with van der Waals surface area (Å²) >= 11 is 1.84. The van der Waals surface area contributed by atoms with Crippen LogP contribution in [0.3, 0.4) is 0 Å². The van der Waals surface area contributed by atoms with Crippen molar-refractivity contribution in [1.82, 2.24) is 40.3 Å². The second-order valence-electron chi connectivity index (χ2n) is 11.2. The predicted molar refractivity (Wildman–Crippen MR) is 162 cm³/mol. The third kappa shape index (κ3) is 6.52. The van der Waals surface area contributed by atoms with Crippen molar-refractivity contribution in [2.24, 2.45) is 0 Å². The lowest BCUT2D eigenvalue weighted by Crippen LogP contribution is -2.47. The van der Waals surface area contributed by atoms with E-state index in [1.165, 1.54) is 9.58 Å². The van der Waals surface area contributed by atoms with Gasteiger partial charge in [0.2, 0.25) is 5.91 Å². The van der Waals surface area contributed by atoms with Gasteiger partial charge < -0.3 is 9.80 Å². The summed E-state index contributed by atoms with van der Waals surface area (Å²) in [6, 6.07) is 8.42. The average Bonchev–Trinajstić information content (AvgIpc) is 3.64. The number of hydroxylamine groups is 1. The Kier molecular flexibility index (Phi) is 8.73.